The third-order valence-corrected chi connectivity index (χ3v) is 4.12. The van der Waals surface area contributed by atoms with Gasteiger partial charge in [-0.3, -0.25) is 9.59 Å². The molecule has 3 rings (SSSR count). The fraction of sp³-hybridized carbons (Fsp3) is 0.375. The molecule has 3 heterocycles. The fourth-order valence-electron chi connectivity index (χ4n) is 2.90. The molecule has 120 valence electrons. The zero-order chi connectivity index (χ0) is 16.2. The van der Waals surface area contributed by atoms with Gasteiger partial charge in [0.25, 0.3) is 11.5 Å². The Morgan fingerprint density at radius 3 is 3.00 bits per heavy atom. The number of anilines is 1. The summed E-state index contributed by atoms with van der Waals surface area (Å²) in [5, 5.41) is 9.17. The van der Waals surface area contributed by atoms with E-state index in [-0.39, 0.29) is 23.1 Å². The van der Waals surface area contributed by atoms with Crippen molar-refractivity contribution in [3.63, 3.8) is 0 Å². The van der Waals surface area contributed by atoms with Gasteiger partial charge >= 0.3 is 0 Å². The van der Waals surface area contributed by atoms with Gasteiger partial charge in [0.15, 0.2) is 0 Å². The Morgan fingerprint density at radius 2 is 2.26 bits per heavy atom. The molecule has 0 spiro atoms. The van der Waals surface area contributed by atoms with Crippen LogP contribution in [-0.2, 0) is 0 Å². The molecule has 1 aliphatic rings. The van der Waals surface area contributed by atoms with Crippen molar-refractivity contribution in [1.29, 1.82) is 0 Å². The molecule has 1 saturated heterocycles. The van der Waals surface area contributed by atoms with E-state index >= 15 is 0 Å². The van der Waals surface area contributed by atoms with Crippen molar-refractivity contribution in [2.24, 2.45) is 0 Å². The Labute approximate surface area is 133 Å². The van der Waals surface area contributed by atoms with E-state index in [2.05, 4.69) is 20.5 Å². The predicted octanol–water partition coefficient (Wildman–Crippen LogP) is 1.23. The number of aromatic nitrogens is 3. The molecule has 1 fully saturated rings. The van der Waals surface area contributed by atoms with Crippen molar-refractivity contribution in [3.05, 3.63) is 52.1 Å². The Bertz CT molecular complexity index is 738. The first-order valence-electron chi connectivity index (χ1n) is 7.66. The molecule has 23 heavy (non-hydrogen) atoms. The number of amides is 1. The van der Waals surface area contributed by atoms with Crippen molar-refractivity contribution >= 4 is 11.7 Å². The third kappa shape index (κ3) is 3.39. The first kappa shape index (κ1) is 15.2. The molecule has 1 amide bonds. The second-order valence-corrected chi connectivity index (χ2v) is 5.62. The number of likely N-dealkylation sites (tertiary alicyclic amines) is 1. The molecule has 7 heteroatoms. The zero-order valence-corrected chi connectivity index (χ0v) is 13.0. The van der Waals surface area contributed by atoms with Crippen LogP contribution in [0.1, 0.15) is 34.8 Å². The monoisotopic (exact) mass is 313 g/mol. The SMILES string of the molecule is CNc1cc(C2CCCN(C(=O)c3ccc(=O)[nH]n3)C2)ccn1. The lowest BCUT2D eigenvalue weighted by Gasteiger charge is -2.32. The van der Waals surface area contributed by atoms with E-state index in [9.17, 15) is 9.59 Å². The minimum absolute atomic E-state index is 0.145. The molecule has 2 aromatic heterocycles. The molecule has 0 aromatic carbocycles. The first-order valence-corrected chi connectivity index (χ1v) is 7.66. The molecule has 2 aromatic rings. The van der Waals surface area contributed by atoms with E-state index in [1.54, 1.807) is 11.1 Å². The number of nitrogens with zero attached hydrogens (tertiary/aromatic N) is 3. The van der Waals surface area contributed by atoms with Crippen molar-refractivity contribution in [2.45, 2.75) is 18.8 Å². The van der Waals surface area contributed by atoms with Crippen molar-refractivity contribution < 1.29 is 4.79 Å². The number of carbonyl (C=O) groups is 1. The highest BCUT2D eigenvalue weighted by Crippen LogP contribution is 2.28. The average Bonchev–Trinajstić information content (AvgIpc) is 2.62. The van der Waals surface area contributed by atoms with Gasteiger partial charge in [-0.2, -0.15) is 5.10 Å². The maximum Gasteiger partial charge on any atom is 0.274 e. The van der Waals surface area contributed by atoms with Crippen LogP contribution >= 0.6 is 0 Å². The molecular weight excluding hydrogens is 294 g/mol. The average molecular weight is 313 g/mol. The van der Waals surface area contributed by atoms with Gasteiger partial charge in [-0.25, -0.2) is 10.1 Å². The van der Waals surface area contributed by atoms with Crippen LogP contribution in [0.4, 0.5) is 5.82 Å². The molecule has 1 atom stereocenters. The van der Waals surface area contributed by atoms with Gasteiger partial charge in [0.2, 0.25) is 0 Å². The molecule has 0 bridgehead atoms. The van der Waals surface area contributed by atoms with E-state index in [0.717, 1.165) is 18.7 Å². The predicted molar refractivity (Wildman–Crippen MR) is 86.5 cm³/mol. The maximum absolute atomic E-state index is 12.5. The quantitative estimate of drug-likeness (QED) is 0.889. The van der Waals surface area contributed by atoms with Crippen LogP contribution in [-0.4, -0.2) is 46.1 Å². The Hall–Kier alpha value is -2.70. The number of hydrogen-bond acceptors (Lipinski definition) is 5. The van der Waals surface area contributed by atoms with Crippen LogP contribution in [0.3, 0.4) is 0 Å². The van der Waals surface area contributed by atoms with Gasteiger partial charge in [0.1, 0.15) is 11.5 Å². The van der Waals surface area contributed by atoms with Gasteiger partial charge in [-0.1, -0.05) is 0 Å². The van der Waals surface area contributed by atoms with Crippen molar-refractivity contribution in [2.75, 3.05) is 25.5 Å². The second kappa shape index (κ2) is 6.60. The van der Waals surface area contributed by atoms with Gasteiger partial charge in [0, 0.05) is 38.3 Å². The molecule has 1 unspecified atom stereocenters. The van der Waals surface area contributed by atoms with Gasteiger partial charge in [-0.15, -0.1) is 0 Å². The van der Waals surface area contributed by atoms with Crippen LogP contribution in [0.2, 0.25) is 0 Å². The molecule has 2 N–H and O–H groups in total. The topological polar surface area (TPSA) is 91.0 Å². The Balaban J connectivity index is 1.76. The second-order valence-electron chi connectivity index (χ2n) is 5.62. The molecular formula is C16H19N5O2. The number of carbonyl (C=O) groups excluding carboxylic acids is 1. The molecule has 0 saturated carbocycles. The Kier molecular flexibility index (Phi) is 4.36. The van der Waals surface area contributed by atoms with Crippen LogP contribution in [0.5, 0.6) is 0 Å². The summed E-state index contributed by atoms with van der Waals surface area (Å²) >= 11 is 0. The number of hydrogen-bond donors (Lipinski definition) is 2. The normalized spacial score (nSPS) is 17.8. The van der Waals surface area contributed by atoms with Crippen LogP contribution < -0.4 is 10.9 Å². The van der Waals surface area contributed by atoms with E-state index < -0.39 is 0 Å². The summed E-state index contributed by atoms with van der Waals surface area (Å²) in [6.45, 7) is 1.35. The summed E-state index contributed by atoms with van der Waals surface area (Å²) in [7, 11) is 1.84. The number of nitrogens with one attached hydrogen (secondary N) is 2. The highest BCUT2D eigenvalue weighted by molar-refractivity contribution is 5.92. The number of aromatic amines is 1. The Morgan fingerprint density at radius 1 is 1.39 bits per heavy atom. The molecule has 1 aliphatic heterocycles. The fourth-order valence-corrected chi connectivity index (χ4v) is 2.90. The minimum Gasteiger partial charge on any atom is -0.373 e. The van der Waals surface area contributed by atoms with Crippen molar-refractivity contribution in [1.82, 2.24) is 20.1 Å². The maximum atomic E-state index is 12.5. The van der Waals surface area contributed by atoms with E-state index in [0.29, 0.717) is 13.1 Å². The lowest BCUT2D eigenvalue weighted by atomic mass is 9.91. The van der Waals surface area contributed by atoms with Crippen LogP contribution in [0, 0.1) is 0 Å². The summed E-state index contributed by atoms with van der Waals surface area (Å²) in [6.07, 6.45) is 3.76. The van der Waals surface area contributed by atoms with Crippen LogP contribution in [0.25, 0.3) is 0 Å². The van der Waals surface area contributed by atoms with E-state index in [1.807, 2.05) is 19.2 Å². The highest BCUT2D eigenvalue weighted by atomic mass is 16.2. The number of piperidine rings is 1. The lowest BCUT2D eigenvalue weighted by molar-refractivity contribution is 0.0700. The first-order chi connectivity index (χ1) is 11.2. The smallest absolute Gasteiger partial charge is 0.274 e. The standard InChI is InChI=1S/C16H19N5O2/c1-17-14-9-11(6-7-18-14)12-3-2-8-21(10-12)16(23)13-4-5-15(22)20-19-13/h4-7,9,12H,2-3,8,10H2,1H3,(H,17,18)(H,20,22). The largest absolute Gasteiger partial charge is 0.373 e. The van der Waals surface area contributed by atoms with Gasteiger partial charge in [0.05, 0.1) is 0 Å². The van der Waals surface area contributed by atoms with Gasteiger partial charge in [-0.05, 0) is 36.6 Å². The van der Waals surface area contributed by atoms with E-state index in [1.165, 1.54) is 17.7 Å². The molecule has 0 aliphatic carbocycles. The van der Waals surface area contributed by atoms with Gasteiger partial charge < -0.3 is 10.2 Å². The highest BCUT2D eigenvalue weighted by Gasteiger charge is 2.26. The molecule has 0 radical (unpaired) electrons. The summed E-state index contributed by atoms with van der Waals surface area (Å²) < 4.78 is 0. The number of rotatable bonds is 3. The summed E-state index contributed by atoms with van der Waals surface area (Å²) in [6, 6.07) is 6.81. The molecule has 7 nitrogen and oxygen atoms in total. The minimum atomic E-state index is -0.311. The van der Waals surface area contributed by atoms with Crippen molar-refractivity contribution in [3.8, 4) is 0 Å². The number of pyridine rings is 1. The summed E-state index contributed by atoms with van der Waals surface area (Å²) in [5.74, 6) is 0.965. The van der Waals surface area contributed by atoms with Crippen LogP contribution in [0.15, 0.2) is 35.3 Å². The third-order valence-electron chi connectivity index (χ3n) is 4.12. The summed E-state index contributed by atoms with van der Waals surface area (Å²) in [5.41, 5.74) is 1.14. The lowest BCUT2D eigenvalue weighted by Crippen LogP contribution is -2.39. The summed E-state index contributed by atoms with van der Waals surface area (Å²) in [4.78, 5) is 29.6. The van der Waals surface area contributed by atoms with E-state index in [4.69, 9.17) is 0 Å². The number of H-pyrrole nitrogens is 1. The zero-order valence-electron chi connectivity index (χ0n) is 13.0.